The highest BCUT2D eigenvalue weighted by Crippen LogP contribution is 2.42. The smallest absolute Gasteiger partial charge is 0.300 e. The zero-order valence-electron chi connectivity index (χ0n) is 16.1. The molecule has 1 aromatic heterocycles. The van der Waals surface area contributed by atoms with Crippen LogP contribution < -0.4 is 4.90 Å². The summed E-state index contributed by atoms with van der Waals surface area (Å²) in [5.41, 5.74) is -0.00497. The summed E-state index contributed by atoms with van der Waals surface area (Å²) in [5, 5.41) is 21.8. The number of amides is 1. The summed E-state index contributed by atoms with van der Waals surface area (Å²) in [6, 6.07) is 10.6. The third-order valence-corrected chi connectivity index (χ3v) is 5.27. The van der Waals surface area contributed by atoms with Gasteiger partial charge in [-0.1, -0.05) is 23.7 Å². The molecule has 1 aliphatic rings. The topological polar surface area (TPSA) is 114 Å². The van der Waals surface area contributed by atoms with Gasteiger partial charge >= 0.3 is 0 Å². The summed E-state index contributed by atoms with van der Waals surface area (Å²) in [6.07, 6.45) is 2.89. The number of nitrogens with zero attached hydrogens (tertiary/aromatic N) is 3. The van der Waals surface area contributed by atoms with Crippen molar-refractivity contribution in [1.29, 1.82) is 0 Å². The first-order chi connectivity index (χ1) is 15.3. The van der Waals surface area contributed by atoms with Gasteiger partial charge in [0.25, 0.3) is 17.4 Å². The summed E-state index contributed by atoms with van der Waals surface area (Å²) in [5.74, 6) is -3.26. The third kappa shape index (κ3) is 3.58. The molecule has 0 spiro atoms. The van der Waals surface area contributed by atoms with Crippen molar-refractivity contribution in [2.45, 2.75) is 6.04 Å². The molecule has 1 unspecified atom stereocenters. The Kier molecular flexibility index (Phi) is 5.41. The van der Waals surface area contributed by atoms with Crippen molar-refractivity contribution < 1.29 is 24.0 Å². The highest BCUT2D eigenvalue weighted by Gasteiger charge is 2.47. The number of nitro groups is 1. The van der Waals surface area contributed by atoms with Crippen molar-refractivity contribution in [1.82, 2.24) is 4.98 Å². The van der Waals surface area contributed by atoms with E-state index in [9.17, 15) is 29.2 Å². The van der Waals surface area contributed by atoms with Crippen molar-refractivity contribution >= 4 is 40.4 Å². The molecule has 0 radical (unpaired) electrons. The van der Waals surface area contributed by atoms with Crippen LogP contribution in [0.15, 0.2) is 72.6 Å². The number of carbonyl (C=O) groups is 2. The summed E-state index contributed by atoms with van der Waals surface area (Å²) in [7, 11) is 0. The predicted molar refractivity (Wildman–Crippen MR) is 114 cm³/mol. The van der Waals surface area contributed by atoms with Crippen LogP contribution in [0.5, 0.6) is 0 Å². The third-order valence-electron chi connectivity index (χ3n) is 4.98. The lowest BCUT2D eigenvalue weighted by molar-refractivity contribution is -0.384. The molecule has 1 atom stereocenters. The second-order valence-electron chi connectivity index (χ2n) is 6.86. The summed E-state index contributed by atoms with van der Waals surface area (Å²) in [6.45, 7) is 0. The SMILES string of the molecule is O=C1C(=O)N(c2ccc(F)c(Cl)c2)C(c2ccncc2)/C1=C(\O)c1cccc([N+](=O)[O-])c1. The second kappa shape index (κ2) is 8.20. The van der Waals surface area contributed by atoms with Crippen LogP contribution in [0, 0.1) is 15.9 Å². The first kappa shape index (κ1) is 21.1. The number of hydrogen-bond acceptors (Lipinski definition) is 6. The van der Waals surface area contributed by atoms with Gasteiger partial charge in [0.05, 0.1) is 21.6 Å². The number of Topliss-reactive ketones (excluding diaryl/α,β-unsaturated/α-hetero) is 1. The monoisotopic (exact) mass is 453 g/mol. The number of aliphatic hydroxyl groups excluding tert-OH is 1. The second-order valence-corrected chi connectivity index (χ2v) is 7.26. The van der Waals surface area contributed by atoms with Crippen molar-refractivity contribution in [2.24, 2.45) is 0 Å². The Morgan fingerprint density at radius 2 is 1.84 bits per heavy atom. The van der Waals surface area contributed by atoms with Crippen molar-refractivity contribution in [3.63, 3.8) is 0 Å². The van der Waals surface area contributed by atoms with Gasteiger partial charge in [-0.15, -0.1) is 0 Å². The summed E-state index contributed by atoms with van der Waals surface area (Å²) >= 11 is 5.88. The van der Waals surface area contributed by atoms with E-state index in [0.29, 0.717) is 5.56 Å². The molecule has 2 heterocycles. The molecule has 0 bridgehead atoms. The number of rotatable bonds is 4. The summed E-state index contributed by atoms with van der Waals surface area (Å²) in [4.78, 5) is 41.5. The molecular weight excluding hydrogens is 441 g/mol. The minimum Gasteiger partial charge on any atom is -0.507 e. The van der Waals surface area contributed by atoms with E-state index in [1.165, 1.54) is 42.7 Å². The fraction of sp³-hybridized carbons (Fsp3) is 0.0455. The van der Waals surface area contributed by atoms with E-state index in [0.717, 1.165) is 17.0 Å². The lowest BCUT2D eigenvalue weighted by atomic mass is 9.95. The maximum atomic E-state index is 13.7. The van der Waals surface area contributed by atoms with E-state index < -0.39 is 34.2 Å². The first-order valence-corrected chi connectivity index (χ1v) is 9.58. The minimum absolute atomic E-state index is 0.00612. The molecule has 0 saturated carbocycles. The molecule has 1 aliphatic heterocycles. The molecule has 1 saturated heterocycles. The zero-order chi connectivity index (χ0) is 23.0. The van der Waals surface area contributed by atoms with Gasteiger partial charge in [0.2, 0.25) is 0 Å². The number of anilines is 1. The van der Waals surface area contributed by atoms with E-state index in [2.05, 4.69) is 4.98 Å². The fourth-order valence-electron chi connectivity index (χ4n) is 3.52. The number of nitro benzene ring substituents is 1. The minimum atomic E-state index is -1.10. The van der Waals surface area contributed by atoms with Gasteiger partial charge in [0.1, 0.15) is 11.6 Å². The molecule has 2 aromatic carbocycles. The lowest BCUT2D eigenvalue weighted by Crippen LogP contribution is -2.29. The maximum absolute atomic E-state index is 13.7. The van der Waals surface area contributed by atoms with E-state index in [1.54, 1.807) is 12.1 Å². The Balaban J connectivity index is 1.95. The first-order valence-electron chi connectivity index (χ1n) is 9.20. The van der Waals surface area contributed by atoms with Crippen molar-refractivity contribution in [3.8, 4) is 0 Å². The lowest BCUT2D eigenvalue weighted by Gasteiger charge is -2.25. The molecular formula is C22H13ClFN3O5. The van der Waals surface area contributed by atoms with E-state index in [1.807, 2.05) is 0 Å². The highest BCUT2D eigenvalue weighted by molar-refractivity contribution is 6.51. The van der Waals surface area contributed by atoms with Gasteiger partial charge in [-0.05, 0) is 35.9 Å². The van der Waals surface area contributed by atoms with Crippen LogP contribution in [-0.4, -0.2) is 26.7 Å². The largest absolute Gasteiger partial charge is 0.507 e. The van der Waals surface area contributed by atoms with Gasteiger partial charge in [-0.3, -0.25) is 29.6 Å². The normalized spacial score (nSPS) is 17.6. The van der Waals surface area contributed by atoms with Crippen LogP contribution >= 0.6 is 11.6 Å². The molecule has 1 amide bonds. The number of carbonyl (C=O) groups excluding carboxylic acids is 2. The van der Waals surface area contributed by atoms with Crippen LogP contribution in [0.4, 0.5) is 15.8 Å². The Morgan fingerprint density at radius 1 is 1.12 bits per heavy atom. The Bertz CT molecular complexity index is 1300. The van der Waals surface area contributed by atoms with Gasteiger partial charge in [0.15, 0.2) is 0 Å². The molecule has 4 rings (SSSR count). The van der Waals surface area contributed by atoms with E-state index >= 15 is 0 Å². The van der Waals surface area contributed by atoms with E-state index in [4.69, 9.17) is 11.6 Å². The van der Waals surface area contributed by atoms with Crippen molar-refractivity contribution in [3.05, 3.63) is 105 Å². The number of aromatic nitrogens is 1. The zero-order valence-corrected chi connectivity index (χ0v) is 16.9. The Hall–Kier alpha value is -4.11. The molecule has 1 N–H and O–H groups in total. The van der Waals surface area contributed by atoms with Crippen LogP contribution in [0.3, 0.4) is 0 Å². The molecule has 8 nitrogen and oxygen atoms in total. The van der Waals surface area contributed by atoms with Gasteiger partial charge in [-0.25, -0.2) is 4.39 Å². The number of non-ortho nitro benzene ring substituents is 1. The van der Waals surface area contributed by atoms with Crippen LogP contribution in [-0.2, 0) is 9.59 Å². The molecule has 0 aliphatic carbocycles. The summed E-state index contributed by atoms with van der Waals surface area (Å²) < 4.78 is 13.7. The van der Waals surface area contributed by atoms with Crippen LogP contribution in [0.1, 0.15) is 17.2 Å². The van der Waals surface area contributed by atoms with Gasteiger partial charge < -0.3 is 5.11 Å². The standard InChI is InChI=1S/C22H13ClFN3O5/c23-16-11-14(4-5-17(16)24)26-19(12-6-8-25-9-7-12)18(21(29)22(26)30)20(28)13-2-1-3-15(10-13)27(31)32/h1-11,19,28H/b20-18+. The number of pyridine rings is 1. The van der Waals surface area contributed by atoms with Crippen molar-refractivity contribution in [2.75, 3.05) is 4.90 Å². The molecule has 3 aromatic rings. The fourth-order valence-corrected chi connectivity index (χ4v) is 3.69. The number of aliphatic hydroxyl groups is 1. The molecule has 160 valence electrons. The molecule has 32 heavy (non-hydrogen) atoms. The number of hydrogen-bond donors (Lipinski definition) is 1. The van der Waals surface area contributed by atoms with Crippen LogP contribution in [0.25, 0.3) is 5.76 Å². The maximum Gasteiger partial charge on any atom is 0.300 e. The molecule has 1 fully saturated rings. The molecule has 10 heteroatoms. The van der Waals surface area contributed by atoms with E-state index in [-0.39, 0.29) is 27.5 Å². The van der Waals surface area contributed by atoms with Crippen LogP contribution in [0.2, 0.25) is 5.02 Å². The number of benzene rings is 2. The highest BCUT2D eigenvalue weighted by atomic mass is 35.5. The number of ketones is 1. The predicted octanol–water partition coefficient (Wildman–Crippen LogP) is 4.41. The van der Waals surface area contributed by atoms with Gasteiger partial charge in [-0.2, -0.15) is 0 Å². The quantitative estimate of drug-likeness (QED) is 0.206. The Labute approximate surface area is 185 Å². The average Bonchev–Trinajstić information content (AvgIpc) is 3.06. The number of halogens is 2. The van der Waals surface area contributed by atoms with Gasteiger partial charge in [0, 0.05) is 35.8 Å². The Morgan fingerprint density at radius 3 is 2.50 bits per heavy atom. The average molecular weight is 454 g/mol.